The number of ether oxygens (including phenoxy) is 1. The lowest BCUT2D eigenvalue weighted by Gasteiger charge is -2.22. The number of thiocarbonyl (C=S) groups is 1. The number of aromatic nitrogens is 2. The van der Waals surface area contributed by atoms with Crippen LogP contribution in [0.2, 0.25) is 5.02 Å². The molecule has 17 heavy (non-hydrogen) atoms. The molecule has 0 aliphatic heterocycles. The molecule has 1 aromatic heterocycles. The third kappa shape index (κ3) is 2.76. The van der Waals surface area contributed by atoms with Crippen LogP contribution < -0.4 is 0 Å². The van der Waals surface area contributed by atoms with Gasteiger partial charge in [0.05, 0.1) is 16.4 Å². The summed E-state index contributed by atoms with van der Waals surface area (Å²) in [5, 5.41) is 13.9. The van der Waals surface area contributed by atoms with E-state index in [0.717, 1.165) is 0 Å². The van der Waals surface area contributed by atoms with Crippen LogP contribution in [0.25, 0.3) is 0 Å². The second-order valence-corrected chi connectivity index (χ2v) is 4.69. The molecule has 0 aliphatic rings. The second-order valence-electron chi connectivity index (χ2n) is 3.96. The van der Waals surface area contributed by atoms with E-state index in [1.807, 2.05) is 6.92 Å². The van der Waals surface area contributed by atoms with E-state index in [4.69, 9.17) is 33.8 Å². The fourth-order valence-corrected chi connectivity index (χ4v) is 1.69. The predicted molar refractivity (Wildman–Crippen MR) is 70.1 cm³/mol. The average molecular weight is 272 g/mol. The first-order valence-electron chi connectivity index (χ1n) is 5.21. The van der Waals surface area contributed by atoms with Crippen LogP contribution in [0.3, 0.4) is 0 Å². The Hall–Kier alpha value is -1.12. The highest BCUT2D eigenvalue weighted by molar-refractivity contribution is 7.80. The van der Waals surface area contributed by atoms with E-state index < -0.39 is 5.60 Å². The number of rotatable bonds is 2. The Kier molecular flexibility index (Phi) is 4.12. The summed E-state index contributed by atoms with van der Waals surface area (Å²) in [7, 11) is 0. The van der Waals surface area contributed by atoms with Crippen LogP contribution >= 0.6 is 23.8 Å². The van der Waals surface area contributed by atoms with Crippen molar-refractivity contribution in [1.82, 2.24) is 9.78 Å². The molecule has 1 aromatic rings. The lowest BCUT2D eigenvalue weighted by Crippen LogP contribution is -2.32. The molecule has 0 spiro atoms. The molecule has 0 radical (unpaired) electrons. The number of hydrogen-bond donors (Lipinski definition) is 0. The molecule has 1 rings (SSSR count). The summed E-state index contributed by atoms with van der Waals surface area (Å²) in [5.41, 5.74) is 0.464. The zero-order valence-corrected chi connectivity index (χ0v) is 11.8. The van der Waals surface area contributed by atoms with Gasteiger partial charge in [-0.3, -0.25) is 0 Å². The first kappa shape index (κ1) is 13.9. The summed E-state index contributed by atoms with van der Waals surface area (Å²) in [6.45, 7) is 7.14. The Labute approximate surface area is 111 Å². The van der Waals surface area contributed by atoms with Crippen LogP contribution in [0, 0.1) is 25.2 Å². The van der Waals surface area contributed by atoms with Gasteiger partial charge in [0.15, 0.2) is 5.60 Å². The van der Waals surface area contributed by atoms with Crippen LogP contribution in [0.5, 0.6) is 0 Å². The van der Waals surface area contributed by atoms with Gasteiger partial charge in [-0.25, -0.2) is 0 Å². The Morgan fingerprint density at radius 3 is 2.59 bits per heavy atom. The van der Waals surface area contributed by atoms with Crippen molar-refractivity contribution in [2.24, 2.45) is 0 Å². The molecular weight excluding hydrogens is 258 g/mol. The van der Waals surface area contributed by atoms with Gasteiger partial charge < -0.3 is 4.74 Å². The molecule has 0 aromatic carbocycles. The molecule has 0 bridgehead atoms. The molecule has 0 fully saturated rings. The molecule has 1 unspecified atom stereocenters. The molecule has 1 atom stereocenters. The van der Waals surface area contributed by atoms with E-state index in [1.54, 1.807) is 20.8 Å². The quantitative estimate of drug-likeness (QED) is 0.776. The molecule has 1 heterocycles. The monoisotopic (exact) mass is 271 g/mol. The number of aryl methyl sites for hydroxylation is 1. The van der Waals surface area contributed by atoms with Crippen molar-refractivity contribution in [2.75, 3.05) is 0 Å². The van der Waals surface area contributed by atoms with Gasteiger partial charge in [-0.2, -0.15) is 15.0 Å². The molecule has 0 saturated carbocycles. The molecule has 0 N–H and O–H groups in total. The molecule has 92 valence electrons. The van der Waals surface area contributed by atoms with Gasteiger partial charge >= 0.3 is 0 Å². The molecule has 0 amide bonds. The second kappa shape index (κ2) is 5.03. The lowest BCUT2D eigenvalue weighted by atomic mass is 10.1. The maximum atomic E-state index is 9.02. The Morgan fingerprint density at radius 1 is 1.65 bits per heavy atom. The van der Waals surface area contributed by atoms with Crippen molar-refractivity contribution in [3.8, 4) is 6.07 Å². The SMILES string of the molecule is CCC(C)(C#N)OC(=S)n1nc(C)c(Cl)c1C. The van der Waals surface area contributed by atoms with Crippen molar-refractivity contribution in [3.05, 3.63) is 16.4 Å². The standard InChI is InChI=1S/C11H14ClN3OS/c1-5-11(4,6-13)16-10(17)15-8(3)9(12)7(2)14-15/h5H2,1-4H3. The van der Waals surface area contributed by atoms with Gasteiger partial charge in [-0.1, -0.05) is 18.5 Å². The van der Waals surface area contributed by atoms with E-state index in [2.05, 4.69) is 11.2 Å². The van der Waals surface area contributed by atoms with E-state index in [9.17, 15) is 0 Å². The van der Waals surface area contributed by atoms with E-state index in [1.165, 1.54) is 4.68 Å². The van der Waals surface area contributed by atoms with Crippen LogP contribution in [-0.2, 0) is 4.74 Å². The third-order valence-electron chi connectivity index (χ3n) is 2.60. The van der Waals surface area contributed by atoms with Gasteiger partial charge in [0, 0.05) is 0 Å². The lowest BCUT2D eigenvalue weighted by molar-refractivity contribution is 0.127. The van der Waals surface area contributed by atoms with E-state index >= 15 is 0 Å². The summed E-state index contributed by atoms with van der Waals surface area (Å²) >= 11 is 11.1. The zero-order chi connectivity index (χ0) is 13.2. The first-order valence-corrected chi connectivity index (χ1v) is 5.99. The molecule has 0 saturated heterocycles. The van der Waals surface area contributed by atoms with Gasteiger partial charge in [0.1, 0.15) is 6.07 Å². The average Bonchev–Trinajstić information content (AvgIpc) is 2.57. The van der Waals surface area contributed by atoms with Crippen molar-refractivity contribution >= 4 is 29.0 Å². The Morgan fingerprint density at radius 2 is 2.24 bits per heavy atom. The highest BCUT2D eigenvalue weighted by Crippen LogP contribution is 2.21. The number of nitrogens with zero attached hydrogens (tertiary/aromatic N) is 3. The van der Waals surface area contributed by atoms with Crippen LogP contribution in [0.1, 0.15) is 31.7 Å². The summed E-state index contributed by atoms with van der Waals surface area (Å²) in [6, 6.07) is 2.09. The van der Waals surface area contributed by atoms with E-state index in [-0.39, 0.29) is 5.17 Å². The number of halogens is 1. The fraction of sp³-hybridized carbons (Fsp3) is 0.545. The first-order chi connectivity index (χ1) is 7.84. The molecule has 0 aliphatic carbocycles. The van der Waals surface area contributed by atoms with Crippen molar-refractivity contribution in [2.45, 2.75) is 39.7 Å². The van der Waals surface area contributed by atoms with Gasteiger partial charge in [0.2, 0.25) is 0 Å². The summed E-state index contributed by atoms with van der Waals surface area (Å²) < 4.78 is 6.93. The highest BCUT2D eigenvalue weighted by Gasteiger charge is 2.26. The van der Waals surface area contributed by atoms with Crippen LogP contribution in [-0.4, -0.2) is 20.6 Å². The zero-order valence-electron chi connectivity index (χ0n) is 10.2. The fourth-order valence-electron chi connectivity index (χ4n) is 1.21. The summed E-state index contributed by atoms with van der Waals surface area (Å²) in [5.74, 6) is 0. The normalized spacial score (nSPS) is 13.9. The summed E-state index contributed by atoms with van der Waals surface area (Å²) in [4.78, 5) is 0. The van der Waals surface area contributed by atoms with Gasteiger partial charge in [-0.15, -0.1) is 0 Å². The topological polar surface area (TPSA) is 50.8 Å². The molecule has 6 heteroatoms. The largest absolute Gasteiger partial charge is 0.448 e. The Bertz CT molecular complexity index is 492. The Balaban J connectivity index is 2.99. The van der Waals surface area contributed by atoms with Crippen molar-refractivity contribution in [3.63, 3.8) is 0 Å². The number of nitriles is 1. The third-order valence-corrected chi connectivity index (χ3v) is 3.40. The minimum absolute atomic E-state index is 0.142. The minimum Gasteiger partial charge on any atom is -0.448 e. The van der Waals surface area contributed by atoms with Crippen molar-refractivity contribution < 1.29 is 4.74 Å². The van der Waals surface area contributed by atoms with E-state index in [0.29, 0.717) is 22.8 Å². The highest BCUT2D eigenvalue weighted by atomic mass is 35.5. The smallest absolute Gasteiger partial charge is 0.286 e. The van der Waals surface area contributed by atoms with Gasteiger partial charge in [0.25, 0.3) is 5.17 Å². The van der Waals surface area contributed by atoms with Crippen LogP contribution in [0.15, 0.2) is 0 Å². The summed E-state index contributed by atoms with van der Waals surface area (Å²) in [6.07, 6.45) is 0.538. The maximum absolute atomic E-state index is 9.02. The molecule has 4 nitrogen and oxygen atoms in total. The number of hydrogen-bond acceptors (Lipinski definition) is 4. The minimum atomic E-state index is -0.935. The molecular formula is C11H14ClN3OS. The predicted octanol–water partition coefficient (Wildman–Crippen LogP) is 3.00. The van der Waals surface area contributed by atoms with Crippen molar-refractivity contribution in [1.29, 1.82) is 5.26 Å². The maximum Gasteiger partial charge on any atom is 0.286 e. The van der Waals surface area contributed by atoms with Gasteiger partial charge in [-0.05, 0) is 39.4 Å². The van der Waals surface area contributed by atoms with Crippen LogP contribution in [0.4, 0.5) is 0 Å².